The highest BCUT2D eigenvalue weighted by Crippen LogP contribution is 2.14. The number of ether oxygens (including phenoxy) is 1. The molecule has 0 saturated carbocycles. The molecule has 136 valence electrons. The molecule has 3 rings (SSSR count). The number of carbonyl (C=O) groups excluding carboxylic acids is 2. The van der Waals surface area contributed by atoms with Gasteiger partial charge in [0.1, 0.15) is 0 Å². The molecular weight excluding hydrogens is 352 g/mol. The Kier molecular flexibility index (Phi) is 5.35. The predicted molar refractivity (Wildman–Crippen MR) is 97.0 cm³/mol. The average Bonchev–Trinajstić information content (AvgIpc) is 2.67. The number of Topliss-reactive ketones (excluding diaryl/α,β-unsaturated/α-hetero) is 1. The van der Waals surface area contributed by atoms with Crippen molar-refractivity contribution in [2.45, 2.75) is 13.0 Å². The molecule has 1 heterocycles. The molecule has 1 atom stereocenters. The lowest BCUT2D eigenvalue weighted by atomic mass is 10.1. The minimum absolute atomic E-state index is 0.0747. The van der Waals surface area contributed by atoms with E-state index in [0.29, 0.717) is 5.69 Å². The molecule has 0 radical (unpaired) electrons. The summed E-state index contributed by atoms with van der Waals surface area (Å²) >= 11 is 0. The molecule has 0 spiro atoms. The van der Waals surface area contributed by atoms with Crippen LogP contribution in [0.5, 0.6) is 0 Å². The first-order valence-corrected chi connectivity index (χ1v) is 8.18. The number of carbonyl (C=O) groups is 2. The van der Waals surface area contributed by atoms with Gasteiger partial charge in [0.25, 0.3) is 0 Å². The summed E-state index contributed by atoms with van der Waals surface area (Å²) in [6.07, 6.45) is 1.49. The van der Waals surface area contributed by atoms with Crippen molar-refractivity contribution in [3.63, 3.8) is 0 Å². The van der Waals surface area contributed by atoms with Crippen molar-refractivity contribution < 1.29 is 23.1 Å². The van der Waals surface area contributed by atoms with Crippen molar-refractivity contribution in [1.29, 1.82) is 0 Å². The molecule has 0 N–H and O–H groups in total. The van der Waals surface area contributed by atoms with E-state index in [0.717, 1.165) is 35.2 Å². The quantitative estimate of drug-likeness (QED) is 0.382. The maximum atomic E-state index is 13.2. The van der Waals surface area contributed by atoms with Crippen LogP contribution in [0, 0.1) is 11.6 Å². The number of esters is 1. The van der Waals surface area contributed by atoms with Crippen molar-refractivity contribution in [1.82, 2.24) is 4.98 Å². The number of rotatable bonds is 5. The average molecular weight is 367 g/mol. The number of nitrogens with zero attached hydrogens (tertiary/aromatic N) is 1. The van der Waals surface area contributed by atoms with Crippen LogP contribution in [0.3, 0.4) is 0 Å². The van der Waals surface area contributed by atoms with Crippen LogP contribution in [0.25, 0.3) is 17.0 Å². The first-order valence-electron chi connectivity index (χ1n) is 8.18. The minimum Gasteiger partial charge on any atom is -0.451 e. The van der Waals surface area contributed by atoms with E-state index >= 15 is 0 Å². The zero-order chi connectivity index (χ0) is 19.4. The highest BCUT2D eigenvalue weighted by molar-refractivity contribution is 6.01. The molecule has 0 fully saturated rings. The van der Waals surface area contributed by atoms with Gasteiger partial charge in [-0.2, -0.15) is 0 Å². The standard InChI is InChI=1S/C21H15F2NO3/c1-13(21(26)15-7-10-17(22)18(23)12-15)27-20(25)11-9-16-8-6-14-4-2-3-5-19(14)24-16/h2-13H,1H3/b11-9+. The van der Waals surface area contributed by atoms with Crippen LogP contribution in [0.2, 0.25) is 0 Å². The van der Waals surface area contributed by atoms with Gasteiger partial charge >= 0.3 is 5.97 Å². The zero-order valence-corrected chi connectivity index (χ0v) is 14.4. The summed E-state index contributed by atoms with van der Waals surface area (Å²) in [5, 5.41) is 0.975. The second kappa shape index (κ2) is 7.86. The van der Waals surface area contributed by atoms with Gasteiger partial charge in [-0.1, -0.05) is 24.3 Å². The lowest BCUT2D eigenvalue weighted by Crippen LogP contribution is -2.23. The van der Waals surface area contributed by atoms with Gasteiger partial charge in [0.15, 0.2) is 17.7 Å². The van der Waals surface area contributed by atoms with Gasteiger partial charge in [0, 0.05) is 17.0 Å². The highest BCUT2D eigenvalue weighted by Gasteiger charge is 2.19. The van der Waals surface area contributed by atoms with Crippen molar-refractivity contribution >= 4 is 28.7 Å². The summed E-state index contributed by atoms with van der Waals surface area (Å²) in [6, 6.07) is 13.9. The van der Waals surface area contributed by atoms with E-state index in [-0.39, 0.29) is 5.56 Å². The van der Waals surface area contributed by atoms with E-state index in [1.807, 2.05) is 30.3 Å². The fourth-order valence-corrected chi connectivity index (χ4v) is 2.48. The van der Waals surface area contributed by atoms with Gasteiger partial charge in [0.05, 0.1) is 11.2 Å². The van der Waals surface area contributed by atoms with Crippen LogP contribution >= 0.6 is 0 Å². The number of para-hydroxylation sites is 1. The Morgan fingerprint density at radius 3 is 2.59 bits per heavy atom. The second-order valence-electron chi connectivity index (χ2n) is 5.83. The fraction of sp³-hybridized carbons (Fsp3) is 0.0952. The van der Waals surface area contributed by atoms with E-state index in [4.69, 9.17) is 4.74 Å². The Labute approximate surface area is 154 Å². The molecule has 0 saturated heterocycles. The van der Waals surface area contributed by atoms with Crippen LogP contribution in [0.4, 0.5) is 8.78 Å². The summed E-state index contributed by atoms with van der Waals surface area (Å²) in [7, 11) is 0. The fourth-order valence-electron chi connectivity index (χ4n) is 2.48. The molecule has 2 aromatic carbocycles. The molecule has 0 aliphatic heterocycles. The third-order valence-corrected chi connectivity index (χ3v) is 3.88. The second-order valence-corrected chi connectivity index (χ2v) is 5.83. The molecule has 3 aromatic rings. The normalized spacial score (nSPS) is 12.3. The van der Waals surface area contributed by atoms with E-state index in [1.165, 1.54) is 13.0 Å². The molecule has 27 heavy (non-hydrogen) atoms. The number of benzene rings is 2. The summed E-state index contributed by atoms with van der Waals surface area (Å²) < 4.78 is 31.2. The highest BCUT2D eigenvalue weighted by atomic mass is 19.2. The SMILES string of the molecule is CC(OC(=O)/C=C/c1ccc2ccccc2n1)C(=O)c1ccc(F)c(F)c1. The van der Waals surface area contributed by atoms with Gasteiger partial charge in [-0.05, 0) is 43.3 Å². The summed E-state index contributed by atoms with van der Waals surface area (Å²) in [4.78, 5) is 28.5. The third kappa shape index (κ3) is 4.41. The Morgan fingerprint density at radius 2 is 1.81 bits per heavy atom. The minimum atomic E-state index is -1.14. The zero-order valence-electron chi connectivity index (χ0n) is 14.4. The van der Waals surface area contributed by atoms with Gasteiger partial charge in [0.2, 0.25) is 5.78 Å². The molecule has 4 nitrogen and oxygen atoms in total. The van der Waals surface area contributed by atoms with E-state index < -0.39 is 29.5 Å². The maximum Gasteiger partial charge on any atom is 0.331 e. The topological polar surface area (TPSA) is 56.3 Å². The first kappa shape index (κ1) is 18.4. The Morgan fingerprint density at radius 1 is 1.04 bits per heavy atom. The van der Waals surface area contributed by atoms with Crippen molar-refractivity contribution in [2.24, 2.45) is 0 Å². The number of hydrogen-bond donors (Lipinski definition) is 0. The van der Waals surface area contributed by atoms with Crippen LogP contribution in [-0.4, -0.2) is 22.8 Å². The number of aromatic nitrogens is 1. The lowest BCUT2D eigenvalue weighted by Gasteiger charge is -2.11. The summed E-state index contributed by atoms with van der Waals surface area (Å²) in [5.74, 6) is -3.56. The Hall–Kier alpha value is -3.41. The Balaban J connectivity index is 1.65. The van der Waals surface area contributed by atoms with Crippen LogP contribution in [0.1, 0.15) is 23.0 Å². The molecule has 0 amide bonds. The number of fused-ring (bicyclic) bond motifs is 1. The van der Waals surface area contributed by atoms with Crippen molar-refractivity contribution in [2.75, 3.05) is 0 Å². The molecule has 6 heteroatoms. The number of ketones is 1. The predicted octanol–water partition coefficient (Wildman–Crippen LogP) is 4.34. The number of halogens is 2. The maximum absolute atomic E-state index is 13.2. The van der Waals surface area contributed by atoms with Gasteiger partial charge in [-0.25, -0.2) is 18.6 Å². The van der Waals surface area contributed by atoms with Gasteiger partial charge in [-0.3, -0.25) is 4.79 Å². The van der Waals surface area contributed by atoms with E-state index in [2.05, 4.69) is 4.98 Å². The molecule has 0 aliphatic rings. The molecule has 0 aliphatic carbocycles. The third-order valence-electron chi connectivity index (χ3n) is 3.88. The monoisotopic (exact) mass is 367 g/mol. The largest absolute Gasteiger partial charge is 0.451 e. The molecule has 1 unspecified atom stereocenters. The molecular formula is C21H15F2NO3. The number of hydrogen-bond acceptors (Lipinski definition) is 4. The van der Waals surface area contributed by atoms with Crippen molar-refractivity contribution in [3.05, 3.63) is 83.6 Å². The molecule has 0 bridgehead atoms. The Bertz CT molecular complexity index is 1050. The molecule has 1 aromatic heterocycles. The van der Waals surface area contributed by atoms with Crippen LogP contribution < -0.4 is 0 Å². The number of pyridine rings is 1. The summed E-state index contributed by atoms with van der Waals surface area (Å²) in [6.45, 7) is 1.36. The lowest BCUT2D eigenvalue weighted by molar-refractivity contribution is -0.140. The van der Waals surface area contributed by atoms with Crippen molar-refractivity contribution in [3.8, 4) is 0 Å². The van der Waals surface area contributed by atoms with E-state index in [9.17, 15) is 18.4 Å². The van der Waals surface area contributed by atoms with Gasteiger partial charge in [-0.15, -0.1) is 0 Å². The van der Waals surface area contributed by atoms with Crippen LogP contribution in [-0.2, 0) is 9.53 Å². The van der Waals surface area contributed by atoms with E-state index in [1.54, 1.807) is 6.07 Å². The first-order chi connectivity index (χ1) is 12.9. The summed E-state index contributed by atoms with van der Waals surface area (Å²) in [5.41, 5.74) is 1.27. The van der Waals surface area contributed by atoms with Crippen LogP contribution in [0.15, 0.2) is 60.7 Å². The smallest absolute Gasteiger partial charge is 0.331 e. The van der Waals surface area contributed by atoms with Gasteiger partial charge < -0.3 is 4.74 Å².